The molecule has 0 aliphatic carbocycles. The van der Waals surface area contributed by atoms with Crippen LogP contribution in [0.2, 0.25) is 0 Å². The van der Waals surface area contributed by atoms with Crippen LogP contribution in [0.4, 0.5) is 4.79 Å². The quantitative estimate of drug-likeness (QED) is 0.403. The molecule has 0 spiro atoms. The van der Waals surface area contributed by atoms with Gasteiger partial charge in [-0.3, -0.25) is 5.32 Å². The number of carbonyl (C=O) groups is 2. The van der Waals surface area contributed by atoms with Crippen LogP contribution < -0.4 is 5.32 Å². The lowest BCUT2D eigenvalue weighted by molar-refractivity contribution is -0.136. The summed E-state index contributed by atoms with van der Waals surface area (Å²) in [5, 5.41) is 3.78. The zero-order chi connectivity index (χ0) is 22.8. The highest BCUT2D eigenvalue weighted by Gasteiger charge is 2.26. The van der Waals surface area contributed by atoms with Crippen LogP contribution in [-0.2, 0) is 14.3 Å². The number of carbonyl (C=O) groups excluding carboxylic acids is 2. The van der Waals surface area contributed by atoms with Crippen LogP contribution in [0.3, 0.4) is 0 Å². The standard InChI is InChI=1S/C25H27NO4S/c1-15-16(2)31-22-18(15)13-10-14-19(22)20(17-11-8-7-9-12-17)21(23(27)29-6)26-24(28)30-25(3,4)5/h7-14H,1-6H3,(H,26,28)/b21-20-. The average Bonchev–Trinajstić information content (AvgIpc) is 3.01. The van der Waals surface area contributed by atoms with Gasteiger partial charge >= 0.3 is 12.1 Å². The molecule has 0 unspecified atom stereocenters. The lowest BCUT2D eigenvalue weighted by Crippen LogP contribution is -2.35. The Morgan fingerprint density at radius 1 is 0.968 bits per heavy atom. The first kappa shape index (κ1) is 22.6. The molecule has 3 rings (SSSR count). The number of thiophene rings is 1. The van der Waals surface area contributed by atoms with Gasteiger partial charge in [-0.2, -0.15) is 0 Å². The summed E-state index contributed by atoms with van der Waals surface area (Å²) in [6, 6.07) is 15.5. The van der Waals surface area contributed by atoms with Crippen molar-refractivity contribution in [1.82, 2.24) is 5.32 Å². The number of amides is 1. The number of alkyl carbamates (subject to hydrolysis) is 1. The lowest BCUT2D eigenvalue weighted by atomic mass is 9.94. The maximum absolute atomic E-state index is 12.9. The number of nitrogens with one attached hydrogen (secondary N) is 1. The highest BCUT2D eigenvalue weighted by Crippen LogP contribution is 2.38. The van der Waals surface area contributed by atoms with Crippen LogP contribution in [0.25, 0.3) is 15.7 Å². The van der Waals surface area contributed by atoms with E-state index in [0.717, 1.165) is 21.2 Å². The molecule has 0 saturated carbocycles. The van der Waals surface area contributed by atoms with Crippen LogP contribution in [-0.4, -0.2) is 24.8 Å². The van der Waals surface area contributed by atoms with Crippen LogP contribution in [0, 0.1) is 13.8 Å². The molecule has 1 amide bonds. The summed E-state index contributed by atoms with van der Waals surface area (Å²) in [7, 11) is 1.29. The summed E-state index contributed by atoms with van der Waals surface area (Å²) in [5.74, 6) is -0.647. The van der Waals surface area contributed by atoms with E-state index in [1.165, 1.54) is 17.6 Å². The molecule has 0 atom stereocenters. The van der Waals surface area contributed by atoms with Gasteiger partial charge in [0.15, 0.2) is 0 Å². The van der Waals surface area contributed by atoms with Gasteiger partial charge in [0.05, 0.1) is 7.11 Å². The van der Waals surface area contributed by atoms with Crippen LogP contribution in [0.15, 0.2) is 54.2 Å². The molecule has 6 heteroatoms. The molecule has 1 heterocycles. The van der Waals surface area contributed by atoms with E-state index in [-0.39, 0.29) is 5.70 Å². The molecular weight excluding hydrogens is 410 g/mol. The van der Waals surface area contributed by atoms with E-state index in [2.05, 4.69) is 25.2 Å². The van der Waals surface area contributed by atoms with Gasteiger partial charge in [0.25, 0.3) is 0 Å². The number of aryl methyl sites for hydroxylation is 2. The van der Waals surface area contributed by atoms with E-state index in [1.807, 2.05) is 42.5 Å². The largest absolute Gasteiger partial charge is 0.464 e. The zero-order valence-corrected chi connectivity index (χ0v) is 19.5. The molecule has 31 heavy (non-hydrogen) atoms. The topological polar surface area (TPSA) is 64.6 Å². The average molecular weight is 438 g/mol. The van der Waals surface area contributed by atoms with Gasteiger partial charge in [-0.05, 0) is 51.1 Å². The fraction of sp³-hybridized carbons (Fsp3) is 0.280. The van der Waals surface area contributed by atoms with Gasteiger partial charge in [0.2, 0.25) is 0 Å². The minimum absolute atomic E-state index is 0.0409. The Kier molecular flexibility index (Phi) is 6.51. The van der Waals surface area contributed by atoms with Gasteiger partial charge in [-0.25, -0.2) is 9.59 Å². The van der Waals surface area contributed by atoms with E-state index in [0.29, 0.717) is 5.57 Å². The Bertz CT molecular complexity index is 1150. The van der Waals surface area contributed by atoms with Crippen molar-refractivity contribution in [2.24, 2.45) is 0 Å². The minimum Gasteiger partial charge on any atom is -0.464 e. The summed E-state index contributed by atoms with van der Waals surface area (Å²) in [5.41, 5.74) is 2.76. The van der Waals surface area contributed by atoms with Crippen molar-refractivity contribution in [1.29, 1.82) is 0 Å². The smallest absolute Gasteiger partial charge is 0.412 e. The first-order valence-corrected chi connectivity index (χ1v) is 10.8. The third-order valence-electron chi connectivity index (χ3n) is 4.80. The second-order valence-corrected chi connectivity index (χ2v) is 9.42. The second kappa shape index (κ2) is 8.94. The molecule has 0 radical (unpaired) electrons. The lowest BCUT2D eigenvalue weighted by Gasteiger charge is -2.21. The third kappa shape index (κ3) is 4.97. The number of fused-ring (bicyclic) bond motifs is 1. The van der Waals surface area contributed by atoms with Crippen LogP contribution in [0.5, 0.6) is 0 Å². The van der Waals surface area contributed by atoms with E-state index in [4.69, 9.17) is 9.47 Å². The Morgan fingerprint density at radius 2 is 1.65 bits per heavy atom. The Balaban J connectivity index is 2.31. The predicted molar refractivity (Wildman–Crippen MR) is 125 cm³/mol. The number of esters is 1. The van der Waals surface area contributed by atoms with Gasteiger partial charge < -0.3 is 9.47 Å². The first-order chi connectivity index (χ1) is 14.6. The van der Waals surface area contributed by atoms with E-state index < -0.39 is 17.7 Å². The first-order valence-electron chi connectivity index (χ1n) is 9.99. The molecule has 0 aliphatic rings. The maximum atomic E-state index is 12.9. The number of ether oxygens (including phenoxy) is 2. The summed E-state index contributed by atoms with van der Waals surface area (Å²) in [6.07, 6.45) is -0.716. The van der Waals surface area contributed by atoms with E-state index in [9.17, 15) is 9.59 Å². The van der Waals surface area contributed by atoms with Crippen LogP contribution >= 0.6 is 11.3 Å². The molecule has 2 aromatic carbocycles. The summed E-state index contributed by atoms with van der Waals surface area (Å²) >= 11 is 1.66. The molecule has 1 aromatic heterocycles. The zero-order valence-electron chi connectivity index (χ0n) is 18.7. The number of benzene rings is 2. The Morgan fingerprint density at radius 3 is 2.26 bits per heavy atom. The van der Waals surface area contributed by atoms with Gasteiger partial charge in [-0.15, -0.1) is 11.3 Å². The van der Waals surface area contributed by atoms with Crippen molar-refractivity contribution in [3.8, 4) is 0 Å². The van der Waals surface area contributed by atoms with Crippen molar-refractivity contribution in [2.75, 3.05) is 7.11 Å². The molecule has 5 nitrogen and oxygen atoms in total. The fourth-order valence-electron chi connectivity index (χ4n) is 3.32. The van der Waals surface area contributed by atoms with Gasteiger partial charge in [0, 0.05) is 20.7 Å². The Hall–Kier alpha value is -3.12. The number of hydrogen-bond acceptors (Lipinski definition) is 5. The number of hydrogen-bond donors (Lipinski definition) is 1. The molecule has 0 aliphatic heterocycles. The number of rotatable bonds is 4. The third-order valence-corrected chi connectivity index (χ3v) is 6.06. The normalized spacial score (nSPS) is 12.3. The maximum Gasteiger partial charge on any atom is 0.412 e. The second-order valence-electron chi connectivity index (χ2n) is 8.20. The summed E-state index contributed by atoms with van der Waals surface area (Å²) in [6.45, 7) is 9.47. The molecular formula is C25H27NO4S. The monoisotopic (exact) mass is 437 g/mol. The van der Waals surface area contributed by atoms with Crippen molar-refractivity contribution in [2.45, 2.75) is 40.2 Å². The van der Waals surface area contributed by atoms with E-state index >= 15 is 0 Å². The molecule has 1 N–H and O–H groups in total. The van der Waals surface area contributed by atoms with Crippen molar-refractivity contribution in [3.63, 3.8) is 0 Å². The summed E-state index contributed by atoms with van der Waals surface area (Å²) < 4.78 is 11.5. The predicted octanol–water partition coefficient (Wildman–Crippen LogP) is 5.98. The van der Waals surface area contributed by atoms with Crippen molar-refractivity contribution >= 4 is 39.1 Å². The van der Waals surface area contributed by atoms with E-state index in [1.54, 1.807) is 32.1 Å². The number of methoxy groups -OCH3 is 1. The molecule has 0 fully saturated rings. The van der Waals surface area contributed by atoms with Gasteiger partial charge in [0.1, 0.15) is 11.3 Å². The molecule has 0 saturated heterocycles. The fourth-order valence-corrected chi connectivity index (χ4v) is 4.50. The molecule has 3 aromatic rings. The van der Waals surface area contributed by atoms with Crippen LogP contribution in [0.1, 0.15) is 42.3 Å². The van der Waals surface area contributed by atoms with Crippen molar-refractivity contribution < 1.29 is 19.1 Å². The highest BCUT2D eigenvalue weighted by atomic mass is 32.1. The molecule has 0 bridgehead atoms. The molecule has 162 valence electrons. The SMILES string of the molecule is COC(=O)/C(NC(=O)OC(C)(C)C)=C(\c1ccccc1)c1cccc2c(C)c(C)sc12. The minimum atomic E-state index is -0.716. The Labute approximate surface area is 186 Å². The van der Waals surface area contributed by atoms with Gasteiger partial charge in [-0.1, -0.05) is 48.5 Å². The van der Waals surface area contributed by atoms with Crippen molar-refractivity contribution in [3.05, 3.63) is 75.8 Å². The highest BCUT2D eigenvalue weighted by molar-refractivity contribution is 7.19. The summed E-state index contributed by atoms with van der Waals surface area (Å²) in [4.78, 5) is 26.7.